The molecule has 0 spiro atoms. The number of amides is 2. The van der Waals surface area contributed by atoms with Crippen molar-refractivity contribution in [3.05, 3.63) is 29.8 Å². The van der Waals surface area contributed by atoms with Crippen LogP contribution in [0.4, 0.5) is 5.69 Å². The molecule has 0 aromatic heterocycles. The van der Waals surface area contributed by atoms with E-state index in [0.29, 0.717) is 11.8 Å². The average Bonchev–Trinajstić information content (AvgIpc) is 2.52. The second kappa shape index (κ2) is 6.08. The molecule has 4 saturated carbocycles. The van der Waals surface area contributed by atoms with Crippen molar-refractivity contribution in [1.82, 2.24) is 5.32 Å². The van der Waals surface area contributed by atoms with E-state index in [4.69, 9.17) is 0 Å². The minimum absolute atomic E-state index is 0.0327. The highest BCUT2D eigenvalue weighted by molar-refractivity contribution is 5.96. The lowest BCUT2D eigenvalue weighted by Crippen LogP contribution is -2.65. The first-order valence-electron chi connectivity index (χ1n) is 10.3. The first-order valence-corrected chi connectivity index (χ1v) is 10.3. The van der Waals surface area contributed by atoms with Crippen LogP contribution < -0.4 is 10.6 Å². The Balaban J connectivity index is 1.54. The van der Waals surface area contributed by atoms with E-state index >= 15 is 0 Å². The molecule has 2 unspecified atom stereocenters. The number of anilines is 1. The Bertz CT molecular complexity index is 746. The topological polar surface area (TPSA) is 58.2 Å². The van der Waals surface area contributed by atoms with Crippen molar-refractivity contribution >= 4 is 17.5 Å². The van der Waals surface area contributed by atoms with Gasteiger partial charge in [-0.15, -0.1) is 0 Å². The fourth-order valence-corrected chi connectivity index (χ4v) is 6.37. The Morgan fingerprint density at radius 3 is 2.11 bits per heavy atom. The number of hydrogen-bond acceptors (Lipinski definition) is 2. The molecule has 5 rings (SSSR count). The molecule has 4 fully saturated rings. The van der Waals surface area contributed by atoms with Gasteiger partial charge >= 0.3 is 0 Å². The van der Waals surface area contributed by atoms with Crippen LogP contribution in [0.25, 0.3) is 0 Å². The highest BCUT2D eigenvalue weighted by Gasteiger charge is 2.60. The SMILES string of the molecule is CC(=O)NC12C[C@H]3C[C@@H](C1)CC(C(=O)Nc1ccc(C(C)(C)C)cc1)(C3)C2. The lowest BCUT2D eigenvalue weighted by molar-refractivity contribution is -0.148. The second-order valence-electron chi connectivity index (χ2n) is 10.5. The van der Waals surface area contributed by atoms with Gasteiger partial charge in [-0.05, 0) is 73.5 Å². The third-order valence-electron chi connectivity index (χ3n) is 6.99. The van der Waals surface area contributed by atoms with Gasteiger partial charge in [0.2, 0.25) is 11.8 Å². The average molecular weight is 369 g/mol. The van der Waals surface area contributed by atoms with E-state index in [0.717, 1.165) is 37.8 Å². The molecule has 27 heavy (non-hydrogen) atoms. The van der Waals surface area contributed by atoms with Crippen molar-refractivity contribution in [2.45, 2.75) is 77.2 Å². The summed E-state index contributed by atoms with van der Waals surface area (Å²) in [6.45, 7) is 8.18. The molecule has 4 aliphatic carbocycles. The number of hydrogen-bond donors (Lipinski definition) is 2. The van der Waals surface area contributed by atoms with E-state index in [9.17, 15) is 9.59 Å². The molecule has 4 aliphatic rings. The van der Waals surface area contributed by atoms with Crippen LogP contribution in [0.5, 0.6) is 0 Å². The molecule has 4 atom stereocenters. The molecular formula is C23H32N2O2. The summed E-state index contributed by atoms with van der Waals surface area (Å²) in [7, 11) is 0. The van der Waals surface area contributed by atoms with Gasteiger partial charge in [-0.3, -0.25) is 9.59 Å². The molecule has 0 aliphatic heterocycles. The van der Waals surface area contributed by atoms with Crippen molar-refractivity contribution in [3.8, 4) is 0 Å². The van der Waals surface area contributed by atoms with E-state index in [1.54, 1.807) is 6.92 Å². The van der Waals surface area contributed by atoms with Gasteiger partial charge in [0.15, 0.2) is 0 Å². The standard InChI is InChI=1S/C23H32N2O2/c1-15(26)25-23-12-16-9-17(13-23)11-22(10-16,14-23)20(27)24-19-7-5-18(6-8-19)21(2,3)4/h5-8,16-17H,9-14H2,1-4H3,(H,24,27)(H,25,26)/t16-,17+,22?,23?. The minimum atomic E-state index is -0.324. The maximum absolute atomic E-state index is 13.4. The molecule has 1 aromatic carbocycles. The molecule has 1 aromatic rings. The van der Waals surface area contributed by atoms with Crippen molar-refractivity contribution in [3.63, 3.8) is 0 Å². The summed E-state index contributed by atoms with van der Waals surface area (Å²) in [5.74, 6) is 1.30. The maximum Gasteiger partial charge on any atom is 0.230 e. The van der Waals surface area contributed by atoms with Crippen molar-refractivity contribution in [2.24, 2.45) is 17.3 Å². The van der Waals surface area contributed by atoms with Gasteiger partial charge in [0.05, 0.1) is 5.41 Å². The summed E-state index contributed by atoms with van der Waals surface area (Å²) >= 11 is 0. The Morgan fingerprint density at radius 1 is 1.00 bits per heavy atom. The summed E-state index contributed by atoms with van der Waals surface area (Å²) in [6.07, 6.45) is 6.03. The van der Waals surface area contributed by atoms with E-state index in [2.05, 4.69) is 43.5 Å². The molecule has 0 heterocycles. The van der Waals surface area contributed by atoms with Crippen molar-refractivity contribution in [2.75, 3.05) is 5.32 Å². The summed E-state index contributed by atoms with van der Waals surface area (Å²) in [5, 5.41) is 6.43. The number of benzene rings is 1. The van der Waals surface area contributed by atoms with Crippen molar-refractivity contribution in [1.29, 1.82) is 0 Å². The van der Waals surface area contributed by atoms with Crippen LogP contribution in [0.1, 0.15) is 71.8 Å². The summed E-state index contributed by atoms with van der Waals surface area (Å²) in [5.41, 5.74) is 1.75. The first kappa shape index (κ1) is 18.5. The molecule has 4 nitrogen and oxygen atoms in total. The van der Waals surface area contributed by atoms with Gasteiger partial charge in [-0.2, -0.15) is 0 Å². The first-order chi connectivity index (χ1) is 12.6. The molecule has 4 heteroatoms. The van der Waals surface area contributed by atoms with Crippen LogP contribution in [-0.2, 0) is 15.0 Å². The fraction of sp³-hybridized carbons (Fsp3) is 0.652. The number of rotatable bonds is 3. The molecule has 4 bridgehead atoms. The predicted octanol–water partition coefficient (Wildman–Crippen LogP) is 4.40. The third-order valence-corrected chi connectivity index (χ3v) is 6.99. The van der Waals surface area contributed by atoms with Gasteiger partial charge in [0.1, 0.15) is 0 Å². The fourth-order valence-electron chi connectivity index (χ4n) is 6.37. The summed E-state index contributed by atoms with van der Waals surface area (Å²) in [4.78, 5) is 25.1. The van der Waals surface area contributed by atoms with Crippen LogP contribution in [0.2, 0.25) is 0 Å². The summed E-state index contributed by atoms with van der Waals surface area (Å²) in [6, 6.07) is 8.24. The van der Waals surface area contributed by atoms with Crippen molar-refractivity contribution < 1.29 is 9.59 Å². The highest BCUT2D eigenvalue weighted by Crippen LogP contribution is 2.61. The van der Waals surface area contributed by atoms with Crippen LogP contribution in [0.15, 0.2) is 24.3 Å². The zero-order chi connectivity index (χ0) is 19.4. The van der Waals surface area contributed by atoms with E-state index in [-0.39, 0.29) is 28.2 Å². The van der Waals surface area contributed by atoms with Crippen LogP contribution in [0, 0.1) is 17.3 Å². The van der Waals surface area contributed by atoms with Crippen LogP contribution >= 0.6 is 0 Å². The zero-order valence-electron chi connectivity index (χ0n) is 17.0. The normalized spacial score (nSPS) is 34.4. The van der Waals surface area contributed by atoms with Crippen LogP contribution in [-0.4, -0.2) is 17.4 Å². The third kappa shape index (κ3) is 3.39. The molecular weight excluding hydrogens is 336 g/mol. The van der Waals surface area contributed by atoms with Gasteiger partial charge < -0.3 is 10.6 Å². The smallest absolute Gasteiger partial charge is 0.230 e. The molecule has 146 valence electrons. The number of carbonyl (C=O) groups is 2. The van der Waals surface area contributed by atoms with E-state index < -0.39 is 0 Å². The lowest BCUT2D eigenvalue weighted by atomic mass is 9.46. The van der Waals surface area contributed by atoms with Gasteiger partial charge in [0, 0.05) is 18.2 Å². The van der Waals surface area contributed by atoms with Gasteiger partial charge in [-0.25, -0.2) is 0 Å². The molecule has 0 saturated heterocycles. The van der Waals surface area contributed by atoms with Gasteiger partial charge in [0.25, 0.3) is 0 Å². The second-order valence-corrected chi connectivity index (χ2v) is 10.5. The Morgan fingerprint density at radius 2 is 1.59 bits per heavy atom. The molecule has 0 radical (unpaired) electrons. The van der Waals surface area contributed by atoms with Crippen LogP contribution in [0.3, 0.4) is 0 Å². The van der Waals surface area contributed by atoms with E-state index in [1.807, 2.05) is 12.1 Å². The Labute approximate surface area is 162 Å². The lowest BCUT2D eigenvalue weighted by Gasteiger charge is -2.61. The van der Waals surface area contributed by atoms with Gasteiger partial charge in [-0.1, -0.05) is 32.9 Å². The number of nitrogens with one attached hydrogen (secondary N) is 2. The van der Waals surface area contributed by atoms with E-state index in [1.165, 1.54) is 12.0 Å². The number of carbonyl (C=O) groups excluding carboxylic acids is 2. The zero-order valence-corrected chi connectivity index (χ0v) is 17.0. The summed E-state index contributed by atoms with van der Waals surface area (Å²) < 4.78 is 0. The quantitative estimate of drug-likeness (QED) is 0.831. The predicted molar refractivity (Wildman–Crippen MR) is 107 cm³/mol. The largest absolute Gasteiger partial charge is 0.351 e. The molecule has 2 amide bonds. The monoisotopic (exact) mass is 368 g/mol. The minimum Gasteiger partial charge on any atom is -0.351 e. The Hall–Kier alpha value is -1.84. The molecule has 2 N–H and O–H groups in total. The Kier molecular flexibility index (Phi) is 4.17. The maximum atomic E-state index is 13.4. The highest BCUT2D eigenvalue weighted by atomic mass is 16.2.